The molecule has 62 valence electrons. The van der Waals surface area contributed by atoms with Gasteiger partial charge in [-0.3, -0.25) is 0 Å². The summed E-state index contributed by atoms with van der Waals surface area (Å²) in [5.41, 5.74) is 0.665. The molecule has 2 rings (SSSR count). The Morgan fingerprint density at radius 2 is 2.33 bits per heavy atom. The summed E-state index contributed by atoms with van der Waals surface area (Å²) in [4.78, 5) is 12.1. The molecule has 0 spiro atoms. The number of hydrogen-bond acceptors (Lipinski definition) is 5. The van der Waals surface area contributed by atoms with Crippen LogP contribution in [0, 0.1) is 0 Å². The molecule has 0 bridgehead atoms. The molecule has 2 aromatic heterocycles. The van der Waals surface area contributed by atoms with Gasteiger partial charge >= 0.3 is 0 Å². The van der Waals surface area contributed by atoms with Gasteiger partial charge in [0.1, 0.15) is 11.0 Å². The SMILES string of the molecule is COc1ncnc2nc(Br)sc12. The standard InChI is InChI=1S/C6H4BrN3OS/c1-11-5-3-4(8-2-9-5)10-6(7)12-3/h2H,1H3. The summed E-state index contributed by atoms with van der Waals surface area (Å²) in [7, 11) is 1.58. The van der Waals surface area contributed by atoms with Crippen LogP contribution in [0.3, 0.4) is 0 Å². The van der Waals surface area contributed by atoms with Crippen molar-refractivity contribution in [3.8, 4) is 5.88 Å². The van der Waals surface area contributed by atoms with E-state index in [0.717, 1.165) is 8.62 Å². The van der Waals surface area contributed by atoms with Gasteiger partial charge in [-0.15, -0.1) is 0 Å². The van der Waals surface area contributed by atoms with Gasteiger partial charge in [0.25, 0.3) is 0 Å². The quantitative estimate of drug-likeness (QED) is 0.770. The number of thiazole rings is 1. The van der Waals surface area contributed by atoms with Gasteiger partial charge in [0.05, 0.1) is 7.11 Å². The molecular formula is C6H4BrN3OS. The van der Waals surface area contributed by atoms with Crippen LogP contribution in [0.25, 0.3) is 10.3 Å². The Morgan fingerprint density at radius 3 is 3.08 bits per heavy atom. The lowest BCUT2D eigenvalue weighted by Crippen LogP contribution is -1.88. The summed E-state index contributed by atoms with van der Waals surface area (Å²) in [5.74, 6) is 0.572. The fraction of sp³-hybridized carbons (Fsp3) is 0.167. The second-order valence-corrected chi connectivity index (χ2v) is 4.28. The first-order valence-electron chi connectivity index (χ1n) is 3.12. The molecule has 0 aliphatic heterocycles. The van der Waals surface area contributed by atoms with E-state index in [1.165, 1.54) is 17.7 Å². The lowest BCUT2D eigenvalue weighted by molar-refractivity contribution is 0.403. The summed E-state index contributed by atoms with van der Waals surface area (Å²) in [5, 5.41) is 0. The van der Waals surface area contributed by atoms with E-state index >= 15 is 0 Å². The third-order valence-corrected chi connectivity index (χ3v) is 2.81. The lowest BCUT2D eigenvalue weighted by Gasteiger charge is -1.95. The Kier molecular flexibility index (Phi) is 1.93. The number of hydrogen-bond donors (Lipinski definition) is 0. The summed E-state index contributed by atoms with van der Waals surface area (Å²) < 4.78 is 6.69. The van der Waals surface area contributed by atoms with Gasteiger partial charge in [-0.1, -0.05) is 11.3 Å². The summed E-state index contributed by atoms with van der Waals surface area (Å²) in [6.45, 7) is 0. The molecular weight excluding hydrogens is 242 g/mol. The van der Waals surface area contributed by atoms with Crippen molar-refractivity contribution in [1.29, 1.82) is 0 Å². The largest absolute Gasteiger partial charge is 0.480 e. The molecule has 2 heterocycles. The van der Waals surface area contributed by atoms with Crippen LogP contribution in [0.5, 0.6) is 5.88 Å². The van der Waals surface area contributed by atoms with Crippen LogP contribution in [0.15, 0.2) is 10.2 Å². The monoisotopic (exact) mass is 245 g/mol. The van der Waals surface area contributed by atoms with Crippen molar-refractivity contribution in [2.75, 3.05) is 7.11 Å². The smallest absolute Gasteiger partial charge is 0.236 e. The highest BCUT2D eigenvalue weighted by Gasteiger charge is 2.08. The van der Waals surface area contributed by atoms with E-state index in [0.29, 0.717) is 11.5 Å². The van der Waals surface area contributed by atoms with Crippen LogP contribution in [0.1, 0.15) is 0 Å². The molecule has 0 atom stereocenters. The van der Waals surface area contributed by atoms with E-state index in [1.807, 2.05) is 0 Å². The minimum Gasteiger partial charge on any atom is -0.480 e. The van der Waals surface area contributed by atoms with Crippen molar-refractivity contribution >= 4 is 37.6 Å². The highest BCUT2D eigenvalue weighted by molar-refractivity contribution is 9.11. The molecule has 0 amide bonds. The first kappa shape index (κ1) is 7.88. The summed E-state index contributed by atoms with van der Waals surface area (Å²) >= 11 is 4.73. The third kappa shape index (κ3) is 1.16. The third-order valence-electron chi connectivity index (χ3n) is 1.33. The minimum atomic E-state index is 0.572. The van der Waals surface area contributed by atoms with Gasteiger partial charge in [-0.25, -0.2) is 15.0 Å². The van der Waals surface area contributed by atoms with Gasteiger partial charge in [0, 0.05) is 0 Å². The van der Waals surface area contributed by atoms with Crippen LogP contribution in [0.2, 0.25) is 0 Å². The number of fused-ring (bicyclic) bond motifs is 1. The van der Waals surface area contributed by atoms with E-state index in [2.05, 4.69) is 30.9 Å². The molecule has 0 aliphatic rings. The fourth-order valence-electron chi connectivity index (χ4n) is 0.854. The number of ether oxygens (including phenoxy) is 1. The molecule has 2 aromatic rings. The van der Waals surface area contributed by atoms with E-state index < -0.39 is 0 Å². The Morgan fingerprint density at radius 1 is 1.50 bits per heavy atom. The van der Waals surface area contributed by atoms with Crippen molar-refractivity contribution in [3.63, 3.8) is 0 Å². The van der Waals surface area contributed by atoms with Crippen LogP contribution in [-0.2, 0) is 0 Å². The molecule has 0 radical (unpaired) electrons. The first-order valence-corrected chi connectivity index (χ1v) is 4.73. The zero-order chi connectivity index (χ0) is 8.55. The maximum absolute atomic E-state index is 5.04. The maximum Gasteiger partial charge on any atom is 0.236 e. The van der Waals surface area contributed by atoms with E-state index in [9.17, 15) is 0 Å². The average molecular weight is 246 g/mol. The molecule has 6 heteroatoms. The zero-order valence-corrected chi connectivity index (χ0v) is 8.52. The minimum absolute atomic E-state index is 0.572. The molecule has 0 aliphatic carbocycles. The van der Waals surface area contributed by atoms with Crippen molar-refractivity contribution in [1.82, 2.24) is 15.0 Å². The van der Waals surface area contributed by atoms with Crippen molar-refractivity contribution in [3.05, 3.63) is 10.2 Å². The van der Waals surface area contributed by atoms with E-state index in [1.54, 1.807) is 7.11 Å². The van der Waals surface area contributed by atoms with Gasteiger partial charge in [-0.05, 0) is 15.9 Å². The first-order chi connectivity index (χ1) is 5.81. The fourth-order valence-corrected chi connectivity index (χ4v) is 2.22. The summed E-state index contributed by atoms with van der Waals surface area (Å²) in [6, 6.07) is 0. The predicted molar refractivity (Wildman–Crippen MR) is 49.5 cm³/mol. The van der Waals surface area contributed by atoms with Gasteiger partial charge in [-0.2, -0.15) is 0 Å². The number of rotatable bonds is 1. The van der Waals surface area contributed by atoms with Crippen LogP contribution < -0.4 is 4.74 Å². The highest BCUT2D eigenvalue weighted by atomic mass is 79.9. The molecule has 4 nitrogen and oxygen atoms in total. The van der Waals surface area contributed by atoms with Crippen molar-refractivity contribution in [2.24, 2.45) is 0 Å². The Bertz CT molecular complexity index is 416. The molecule has 0 unspecified atom stereocenters. The van der Waals surface area contributed by atoms with Crippen LogP contribution >= 0.6 is 27.3 Å². The molecule has 0 aromatic carbocycles. The molecule has 0 saturated carbocycles. The predicted octanol–water partition coefficient (Wildman–Crippen LogP) is 1.86. The number of halogens is 1. The molecule has 0 fully saturated rings. The lowest BCUT2D eigenvalue weighted by atomic mass is 10.6. The zero-order valence-electron chi connectivity index (χ0n) is 6.11. The Hall–Kier alpha value is -0.750. The normalized spacial score (nSPS) is 10.5. The second kappa shape index (κ2) is 2.95. The molecule has 0 saturated heterocycles. The van der Waals surface area contributed by atoms with Gasteiger partial charge in [0.15, 0.2) is 9.56 Å². The molecule has 12 heavy (non-hydrogen) atoms. The number of aromatic nitrogens is 3. The second-order valence-electron chi connectivity index (χ2n) is 2.00. The van der Waals surface area contributed by atoms with Crippen molar-refractivity contribution in [2.45, 2.75) is 0 Å². The van der Waals surface area contributed by atoms with Crippen LogP contribution in [0.4, 0.5) is 0 Å². The number of methoxy groups -OCH3 is 1. The van der Waals surface area contributed by atoms with E-state index in [4.69, 9.17) is 4.74 Å². The highest BCUT2D eigenvalue weighted by Crippen LogP contribution is 2.29. The van der Waals surface area contributed by atoms with E-state index in [-0.39, 0.29) is 0 Å². The van der Waals surface area contributed by atoms with Crippen molar-refractivity contribution < 1.29 is 4.74 Å². The van der Waals surface area contributed by atoms with Crippen LogP contribution in [-0.4, -0.2) is 22.1 Å². The Labute approximate surface area is 80.8 Å². The van der Waals surface area contributed by atoms with Gasteiger partial charge in [0.2, 0.25) is 5.88 Å². The summed E-state index contributed by atoms with van der Waals surface area (Å²) in [6.07, 6.45) is 1.44. The number of nitrogens with zero attached hydrogens (tertiary/aromatic N) is 3. The Balaban J connectivity index is 2.78. The average Bonchev–Trinajstić information content (AvgIpc) is 2.44. The molecule has 0 N–H and O–H groups in total. The maximum atomic E-state index is 5.04. The van der Waals surface area contributed by atoms with Gasteiger partial charge < -0.3 is 4.74 Å². The topological polar surface area (TPSA) is 47.9 Å².